The summed E-state index contributed by atoms with van der Waals surface area (Å²) in [6.45, 7) is 4.02. The molecule has 0 N–H and O–H groups in total. The molecular weight excluding hydrogens is 436 g/mol. The summed E-state index contributed by atoms with van der Waals surface area (Å²) in [7, 11) is 0. The van der Waals surface area contributed by atoms with Crippen molar-refractivity contribution in [1.29, 1.82) is 0 Å². The SMILES string of the molecule is CCc1ccn(-c2ccc3c(Oc4cccc(C(=O)CCc5ccncc5)c4C)ccnc3c2)n1. The minimum Gasteiger partial charge on any atom is -0.456 e. The Balaban J connectivity index is 1.39. The van der Waals surface area contributed by atoms with Gasteiger partial charge in [0.25, 0.3) is 0 Å². The lowest BCUT2D eigenvalue weighted by molar-refractivity contribution is 0.0982. The quantitative estimate of drug-likeness (QED) is 0.253. The van der Waals surface area contributed by atoms with E-state index in [1.807, 2.05) is 78.5 Å². The number of Topliss-reactive ketones (excluding diaryl/α,β-unsaturated/α-hetero) is 1. The van der Waals surface area contributed by atoms with Gasteiger partial charge in [0.1, 0.15) is 11.5 Å². The second-order valence-corrected chi connectivity index (χ2v) is 8.43. The maximum atomic E-state index is 13.0. The van der Waals surface area contributed by atoms with Crippen molar-refractivity contribution in [2.24, 2.45) is 0 Å². The van der Waals surface area contributed by atoms with Gasteiger partial charge < -0.3 is 4.74 Å². The van der Waals surface area contributed by atoms with E-state index in [1.165, 1.54) is 0 Å². The Kier molecular flexibility index (Phi) is 6.35. The van der Waals surface area contributed by atoms with Crippen molar-refractivity contribution >= 4 is 16.7 Å². The van der Waals surface area contributed by atoms with Crippen LogP contribution in [-0.4, -0.2) is 25.5 Å². The van der Waals surface area contributed by atoms with Gasteiger partial charge in [-0.2, -0.15) is 5.10 Å². The van der Waals surface area contributed by atoms with Gasteiger partial charge in [0.15, 0.2) is 5.78 Å². The van der Waals surface area contributed by atoms with E-state index in [0.29, 0.717) is 29.9 Å². The van der Waals surface area contributed by atoms with E-state index in [9.17, 15) is 4.79 Å². The van der Waals surface area contributed by atoms with Crippen molar-refractivity contribution in [1.82, 2.24) is 19.7 Å². The number of carbonyl (C=O) groups is 1. The van der Waals surface area contributed by atoms with Crippen LogP contribution in [0.2, 0.25) is 0 Å². The second-order valence-electron chi connectivity index (χ2n) is 8.43. The molecule has 0 spiro atoms. The predicted octanol–water partition coefficient (Wildman–Crippen LogP) is 6.29. The maximum Gasteiger partial charge on any atom is 0.163 e. The number of ether oxygens (including phenoxy) is 1. The zero-order valence-electron chi connectivity index (χ0n) is 19.8. The van der Waals surface area contributed by atoms with Gasteiger partial charge in [-0.15, -0.1) is 0 Å². The van der Waals surface area contributed by atoms with Crippen LogP contribution in [0.4, 0.5) is 0 Å². The molecule has 3 aromatic heterocycles. The summed E-state index contributed by atoms with van der Waals surface area (Å²) in [5.41, 5.74) is 5.42. The molecule has 6 nitrogen and oxygen atoms in total. The highest BCUT2D eigenvalue weighted by Gasteiger charge is 2.15. The fraction of sp³-hybridized carbons (Fsp3) is 0.172. The van der Waals surface area contributed by atoms with Gasteiger partial charge in [0.05, 0.1) is 16.9 Å². The first-order valence-electron chi connectivity index (χ1n) is 11.8. The Labute approximate surface area is 204 Å². The molecule has 0 unspecified atom stereocenters. The highest BCUT2D eigenvalue weighted by Crippen LogP contribution is 2.33. The molecule has 6 heteroatoms. The van der Waals surface area contributed by atoms with Crippen LogP contribution in [0.3, 0.4) is 0 Å². The maximum absolute atomic E-state index is 13.0. The average Bonchev–Trinajstić information content (AvgIpc) is 3.38. The smallest absolute Gasteiger partial charge is 0.163 e. The number of nitrogens with zero attached hydrogens (tertiary/aromatic N) is 4. The zero-order valence-corrected chi connectivity index (χ0v) is 19.8. The van der Waals surface area contributed by atoms with Gasteiger partial charge in [0, 0.05) is 47.7 Å². The monoisotopic (exact) mass is 462 g/mol. The molecule has 174 valence electrons. The molecule has 2 aromatic carbocycles. The van der Waals surface area contributed by atoms with Crippen LogP contribution in [0.25, 0.3) is 16.6 Å². The Bertz CT molecular complexity index is 1490. The Morgan fingerprint density at radius 1 is 0.971 bits per heavy atom. The molecule has 0 saturated carbocycles. The van der Waals surface area contributed by atoms with Crippen LogP contribution in [0.15, 0.2) is 85.5 Å². The topological polar surface area (TPSA) is 69.9 Å². The molecule has 0 amide bonds. The highest BCUT2D eigenvalue weighted by atomic mass is 16.5. The molecule has 0 fully saturated rings. The van der Waals surface area contributed by atoms with Crippen molar-refractivity contribution in [2.45, 2.75) is 33.1 Å². The van der Waals surface area contributed by atoms with Crippen molar-refractivity contribution in [3.8, 4) is 17.2 Å². The van der Waals surface area contributed by atoms with E-state index < -0.39 is 0 Å². The summed E-state index contributed by atoms with van der Waals surface area (Å²) >= 11 is 0. The Morgan fingerprint density at radius 3 is 2.63 bits per heavy atom. The van der Waals surface area contributed by atoms with Crippen molar-refractivity contribution in [3.05, 3.63) is 108 Å². The van der Waals surface area contributed by atoms with E-state index >= 15 is 0 Å². The first kappa shape index (κ1) is 22.5. The van der Waals surface area contributed by atoms with Gasteiger partial charge in [-0.25, -0.2) is 4.68 Å². The van der Waals surface area contributed by atoms with Gasteiger partial charge in [0.2, 0.25) is 0 Å². The van der Waals surface area contributed by atoms with Gasteiger partial charge in [-0.1, -0.05) is 19.1 Å². The van der Waals surface area contributed by atoms with Gasteiger partial charge in [-0.05, 0) is 73.9 Å². The fourth-order valence-electron chi connectivity index (χ4n) is 4.12. The third-order valence-electron chi connectivity index (χ3n) is 6.15. The van der Waals surface area contributed by atoms with Crippen molar-refractivity contribution < 1.29 is 9.53 Å². The van der Waals surface area contributed by atoms with Crippen LogP contribution in [0, 0.1) is 6.92 Å². The van der Waals surface area contributed by atoms with Gasteiger partial charge in [-0.3, -0.25) is 14.8 Å². The Hall–Kier alpha value is -4.32. The summed E-state index contributed by atoms with van der Waals surface area (Å²) < 4.78 is 8.18. The number of ketones is 1. The van der Waals surface area contributed by atoms with Crippen molar-refractivity contribution in [3.63, 3.8) is 0 Å². The van der Waals surface area contributed by atoms with Crippen LogP contribution in [0.5, 0.6) is 11.5 Å². The molecular formula is C29H26N4O2. The van der Waals surface area contributed by atoms with E-state index in [1.54, 1.807) is 18.6 Å². The summed E-state index contributed by atoms with van der Waals surface area (Å²) in [5, 5.41) is 5.49. The minimum absolute atomic E-state index is 0.0969. The van der Waals surface area contributed by atoms with E-state index in [4.69, 9.17) is 4.74 Å². The van der Waals surface area contributed by atoms with Crippen LogP contribution in [-0.2, 0) is 12.8 Å². The molecule has 0 aliphatic heterocycles. The van der Waals surface area contributed by atoms with E-state index in [2.05, 4.69) is 22.0 Å². The third kappa shape index (κ3) is 4.82. The van der Waals surface area contributed by atoms with Crippen LogP contribution >= 0.6 is 0 Å². The molecule has 5 rings (SSSR count). The number of benzene rings is 2. The number of aromatic nitrogens is 4. The lowest BCUT2D eigenvalue weighted by Crippen LogP contribution is -2.05. The van der Waals surface area contributed by atoms with E-state index in [-0.39, 0.29) is 5.78 Å². The molecule has 0 radical (unpaired) electrons. The first-order chi connectivity index (χ1) is 17.1. The largest absolute Gasteiger partial charge is 0.456 e. The lowest BCUT2D eigenvalue weighted by Gasteiger charge is -2.14. The molecule has 0 saturated heterocycles. The normalized spacial score (nSPS) is 11.0. The molecule has 0 atom stereocenters. The molecule has 0 aliphatic carbocycles. The number of fused-ring (bicyclic) bond motifs is 1. The summed E-state index contributed by atoms with van der Waals surface area (Å²) in [4.78, 5) is 21.5. The molecule has 0 bridgehead atoms. The number of hydrogen-bond acceptors (Lipinski definition) is 5. The number of aryl methyl sites for hydroxylation is 2. The first-order valence-corrected chi connectivity index (χ1v) is 11.8. The van der Waals surface area contributed by atoms with Crippen molar-refractivity contribution in [2.75, 3.05) is 0 Å². The number of rotatable bonds is 8. The lowest BCUT2D eigenvalue weighted by atomic mass is 9.99. The average molecular weight is 463 g/mol. The minimum atomic E-state index is 0.0969. The number of carbonyl (C=O) groups excluding carboxylic acids is 1. The third-order valence-corrected chi connectivity index (χ3v) is 6.15. The number of hydrogen-bond donors (Lipinski definition) is 0. The summed E-state index contributed by atoms with van der Waals surface area (Å²) in [6.07, 6.45) is 9.20. The predicted molar refractivity (Wildman–Crippen MR) is 136 cm³/mol. The summed E-state index contributed by atoms with van der Waals surface area (Å²) in [5.74, 6) is 1.46. The number of pyridine rings is 2. The molecule has 5 aromatic rings. The second kappa shape index (κ2) is 9.89. The van der Waals surface area contributed by atoms with E-state index in [0.717, 1.165) is 39.8 Å². The van der Waals surface area contributed by atoms with Crippen LogP contribution < -0.4 is 4.74 Å². The van der Waals surface area contributed by atoms with Crippen LogP contribution in [0.1, 0.15) is 40.5 Å². The Morgan fingerprint density at radius 2 is 1.83 bits per heavy atom. The molecule has 0 aliphatic rings. The summed E-state index contributed by atoms with van der Waals surface area (Å²) in [6, 6.07) is 19.4. The fourth-order valence-corrected chi connectivity index (χ4v) is 4.12. The molecule has 35 heavy (non-hydrogen) atoms. The highest BCUT2D eigenvalue weighted by molar-refractivity contribution is 5.98. The zero-order chi connectivity index (χ0) is 24.2. The molecule has 3 heterocycles. The standard InChI is InChI=1S/C29H26N4O2/c1-3-22-14-18-33(32-22)23-8-9-25-26(19-23)31-17-13-29(25)35-28-6-4-5-24(20(28)2)27(34)10-7-21-11-15-30-16-12-21/h4-6,8-9,11-19H,3,7,10H2,1-2H3. The van der Waals surface area contributed by atoms with Gasteiger partial charge >= 0.3 is 0 Å².